The van der Waals surface area contributed by atoms with Crippen molar-refractivity contribution in [3.8, 4) is 17.2 Å². The van der Waals surface area contributed by atoms with Gasteiger partial charge in [0.25, 0.3) is 0 Å². The molecule has 11 atom stereocenters. The Labute approximate surface area is 431 Å². The summed E-state index contributed by atoms with van der Waals surface area (Å²) in [6, 6.07) is 6.31. The molecule has 412 valence electrons. The van der Waals surface area contributed by atoms with Gasteiger partial charge in [-0.1, -0.05) is 6.07 Å². The molecule has 2 saturated heterocycles. The van der Waals surface area contributed by atoms with Crippen molar-refractivity contribution in [3.05, 3.63) is 52.6 Å². The number of nitrogens with one attached hydrogen (secondary N) is 1. The summed E-state index contributed by atoms with van der Waals surface area (Å²) in [7, 11) is 5.00. The zero-order valence-electron chi connectivity index (χ0n) is 43.8. The molecule has 75 heavy (non-hydrogen) atoms. The van der Waals surface area contributed by atoms with Gasteiger partial charge in [0.15, 0.2) is 36.1 Å². The molecule has 25 nitrogen and oxygen atoms in total. The van der Waals surface area contributed by atoms with Gasteiger partial charge in [-0.25, -0.2) is 4.79 Å². The fraction of sp³-hybridized carbons (Fsp3) is 0.560. The molecule has 2 aliphatic heterocycles. The van der Waals surface area contributed by atoms with Crippen molar-refractivity contribution >= 4 is 59.6 Å². The zero-order valence-corrected chi connectivity index (χ0v) is 43.8. The van der Waals surface area contributed by atoms with Crippen LogP contribution in [-0.4, -0.2) is 156 Å². The molecule has 0 aliphatic carbocycles. The van der Waals surface area contributed by atoms with Gasteiger partial charge in [-0.15, -0.1) is 0 Å². The van der Waals surface area contributed by atoms with E-state index in [4.69, 9.17) is 66.3 Å². The van der Waals surface area contributed by atoms with E-state index in [-0.39, 0.29) is 34.8 Å². The van der Waals surface area contributed by atoms with Gasteiger partial charge in [-0.05, 0) is 29.8 Å². The van der Waals surface area contributed by atoms with E-state index in [1.165, 1.54) is 33.5 Å². The Morgan fingerprint density at radius 2 is 1.20 bits per heavy atom. The predicted octanol–water partition coefficient (Wildman–Crippen LogP) is 2.12. The van der Waals surface area contributed by atoms with Crippen LogP contribution in [0.4, 0.5) is 0 Å². The molecule has 2 aromatic rings. The number of benzene rings is 2. The third kappa shape index (κ3) is 15.5. The predicted molar refractivity (Wildman–Crippen MR) is 250 cm³/mol. The lowest BCUT2D eigenvalue weighted by atomic mass is 9.78. The van der Waals surface area contributed by atoms with Crippen LogP contribution in [0.5, 0.6) is 17.2 Å². The van der Waals surface area contributed by atoms with Crippen molar-refractivity contribution < 1.29 is 114 Å². The number of rotatable bonds is 21. The van der Waals surface area contributed by atoms with Gasteiger partial charge in [-0.2, -0.15) is 0 Å². The third-order valence-corrected chi connectivity index (χ3v) is 11.6. The minimum atomic E-state index is -2.41. The summed E-state index contributed by atoms with van der Waals surface area (Å²) < 4.78 is 80.5. The molecule has 0 aromatic heterocycles. The molecule has 4 rings (SSSR count). The van der Waals surface area contributed by atoms with Gasteiger partial charge in [0.2, 0.25) is 5.91 Å². The quantitative estimate of drug-likeness (QED) is 0.138. The summed E-state index contributed by atoms with van der Waals surface area (Å²) >= 11 is 0. The van der Waals surface area contributed by atoms with Crippen LogP contribution in [0.25, 0.3) is 0 Å². The Morgan fingerprint density at radius 1 is 0.627 bits per heavy atom. The van der Waals surface area contributed by atoms with Crippen molar-refractivity contribution in [2.75, 3.05) is 41.7 Å². The Balaban J connectivity index is 1.99. The van der Waals surface area contributed by atoms with Crippen molar-refractivity contribution in [2.24, 2.45) is 0 Å². The number of carbonyl (C=O) groups is 10. The first-order valence-corrected chi connectivity index (χ1v) is 23.2. The molecule has 2 aromatic carbocycles. The van der Waals surface area contributed by atoms with Crippen molar-refractivity contribution in [1.29, 1.82) is 0 Å². The number of ether oxygens (including phenoxy) is 14. The van der Waals surface area contributed by atoms with E-state index >= 15 is 0 Å². The number of esters is 9. The Kier molecular flexibility index (Phi) is 21.3. The molecule has 2 heterocycles. The summed E-state index contributed by atoms with van der Waals surface area (Å²) in [6.45, 7) is 8.56. The highest BCUT2D eigenvalue weighted by atomic mass is 16.7. The monoisotopic (exact) mass is 1060 g/mol. The van der Waals surface area contributed by atoms with E-state index in [0.29, 0.717) is 11.1 Å². The number of methoxy groups -OCH3 is 4. The van der Waals surface area contributed by atoms with Gasteiger partial charge in [0.1, 0.15) is 54.9 Å². The first-order valence-electron chi connectivity index (χ1n) is 23.2. The minimum absolute atomic E-state index is 0.00773. The fourth-order valence-corrected chi connectivity index (χ4v) is 8.95. The van der Waals surface area contributed by atoms with E-state index in [1.807, 2.05) is 0 Å². The highest BCUT2D eigenvalue weighted by Gasteiger charge is 2.60. The van der Waals surface area contributed by atoms with Gasteiger partial charge >= 0.3 is 53.7 Å². The molecule has 0 bridgehead atoms. The van der Waals surface area contributed by atoms with Crippen LogP contribution in [0.1, 0.15) is 97.1 Å². The summed E-state index contributed by atoms with van der Waals surface area (Å²) in [5.41, 5.74) is -1.38. The first kappa shape index (κ1) is 60.0. The standard InChI is InChI=1S/C50H63NO24/c1-23(52)51-42-39(68-26(4)55)20-50(49(61)65-13,75-46(42)44(70-28(6)57)40(69-27(5)56)21-66-24(2)53)35-19-37(63-11)33(18-38(35)64-12)16-32-14-15-36(62-10)34(17-32)43-47(72-30(8)59)48(73-31(9)60)45(71-29(7)58)41(74-43)22-67-25(3)54/h14-15,17-19,39-48H,16,20-22H2,1-13H3,(H,51,52)/t39-,40+,41+,42+,43-,44+,45-,46+,47-,48-,50-/m0/s1. The third-order valence-electron chi connectivity index (χ3n) is 11.6. The maximum Gasteiger partial charge on any atom is 0.343 e. The van der Waals surface area contributed by atoms with Crippen LogP contribution in [0.15, 0.2) is 30.3 Å². The molecule has 25 heteroatoms. The zero-order chi connectivity index (χ0) is 56.1. The van der Waals surface area contributed by atoms with E-state index in [0.717, 1.165) is 69.4 Å². The van der Waals surface area contributed by atoms with Gasteiger partial charge < -0.3 is 71.6 Å². The maximum absolute atomic E-state index is 14.6. The summed E-state index contributed by atoms with van der Waals surface area (Å²) in [6.07, 6.45) is -14.4. The average Bonchev–Trinajstić information content (AvgIpc) is 3.31. The number of amides is 1. The Hall–Kier alpha value is -7.54. The molecular formula is C50H63NO24. The maximum atomic E-state index is 14.6. The first-order chi connectivity index (χ1) is 35.3. The van der Waals surface area contributed by atoms with Crippen LogP contribution in [0.2, 0.25) is 0 Å². The summed E-state index contributed by atoms with van der Waals surface area (Å²) in [4.78, 5) is 127. The number of hydrogen-bond donors (Lipinski definition) is 1. The molecule has 2 fully saturated rings. The molecule has 2 aliphatic rings. The van der Waals surface area contributed by atoms with Gasteiger partial charge in [0.05, 0.1) is 34.5 Å². The molecule has 0 spiro atoms. The summed E-state index contributed by atoms with van der Waals surface area (Å²) in [5.74, 6) is -8.34. The van der Waals surface area contributed by atoms with E-state index in [1.54, 1.807) is 18.2 Å². The second kappa shape index (κ2) is 26.6. The lowest BCUT2D eigenvalue weighted by Gasteiger charge is -2.49. The van der Waals surface area contributed by atoms with Crippen LogP contribution in [0.3, 0.4) is 0 Å². The molecular weight excluding hydrogens is 999 g/mol. The molecule has 1 N–H and O–H groups in total. The van der Waals surface area contributed by atoms with Crippen LogP contribution in [-0.2, 0) is 112 Å². The second-order valence-corrected chi connectivity index (χ2v) is 17.2. The van der Waals surface area contributed by atoms with Crippen molar-refractivity contribution in [2.45, 2.75) is 142 Å². The highest BCUT2D eigenvalue weighted by Crippen LogP contribution is 2.48. The van der Waals surface area contributed by atoms with Gasteiger partial charge in [0, 0.05) is 91.8 Å². The lowest BCUT2D eigenvalue weighted by Crippen LogP contribution is -2.67. The molecule has 1 amide bonds. The second-order valence-electron chi connectivity index (χ2n) is 17.2. The normalized spacial score (nSPS) is 23.7. The largest absolute Gasteiger partial charge is 0.496 e. The Bertz CT molecular complexity index is 2470. The van der Waals surface area contributed by atoms with Crippen LogP contribution in [0, 0.1) is 0 Å². The van der Waals surface area contributed by atoms with Crippen molar-refractivity contribution in [3.63, 3.8) is 0 Å². The molecule has 0 unspecified atom stereocenters. The van der Waals surface area contributed by atoms with E-state index < -0.39 is 146 Å². The Morgan fingerprint density at radius 3 is 1.72 bits per heavy atom. The number of hydrogen-bond acceptors (Lipinski definition) is 24. The smallest absolute Gasteiger partial charge is 0.343 e. The molecule has 0 saturated carbocycles. The van der Waals surface area contributed by atoms with E-state index in [2.05, 4.69) is 5.32 Å². The summed E-state index contributed by atoms with van der Waals surface area (Å²) in [5, 5.41) is 2.64. The number of carbonyl (C=O) groups excluding carboxylic acids is 10. The fourth-order valence-electron chi connectivity index (χ4n) is 8.95. The van der Waals surface area contributed by atoms with E-state index in [9.17, 15) is 47.9 Å². The highest BCUT2D eigenvalue weighted by molar-refractivity contribution is 5.84. The molecule has 0 radical (unpaired) electrons. The van der Waals surface area contributed by atoms with Crippen molar-refractivity contribution in [1.82, 2.24) is 5.32 Å². The van der Waals surface area contributed by atoms with Gasteiger partial charge in [-0.3, -0.25) is 43.2 Å². The lowest BCUT2D eigenvalue weighted by molar-refractivity contribution is -0.254. The van der Waals surface area contributed by atoms with Crippen LogP contribution >= 0.6 is 0 Å². The minimum Gasteiger partial charge on any atom is -0.496 e. The SMILES string of the molecule is COC(=O)[C@@]1(c2cc(OC)c(Cc3ccc(OC)c([C@@H]4O[C@H](COC(C)=O)[C@H](OC(C)=O)[C@H](OC(C)=O)[C@H]4OC(C)=O)c3)cc2OC)C[C@H](OC(C)=O)[C@@H](NC(C)=O)[C@H]([C@H](OC(C)=O)[C@@H](COC(C)=O)OC(C)=O)O1. The van der Waals surface area contributed by atoms with Crippen LogP contribution < -0.4 is 19.5 Å². The topological polar surface area (TPSA) is 312 Å². The average molecular weight is 1060 g/mol.